The number of aromatic nitrogens is 1. The number of piperidine rings is 1. The Morgan fingerprint density at radius 3 is 2.95 bits per heavy atom. The summed E-state index contributed by atoms with van der Waals surface area (Å²) in [4.78, 5) is 40.6. The molecule has 2 heterocycles. The Morgan fingerprint density at radius 1 is 1.43 bits per heavy atom. The van der Waals surface area contributed by atoms with Gasteiger partial charge in [-0.1, -0.05) is 6.92 Å². The third-order valence-corrected chi connectivity index (χ3v) is 3.67. The monoisotopic (exact) mass is 291 g/mol. The Balaban J connectivity index is 2.10. The number of H-pyrrole nitrogens is 1. The van der Waals surface area contributed by atoms with Crippen LogP contribution >= 0.6 is 0 Å². The minimum Gasteiger partial charge on any atom is -0.366 e. The van der Waals surface area contributed by atoms with Crippen LogP contribution in [0.1, 0.15) is 39.0 Å². The van der Waals surface area contributed by atoms with Gasteiger partial charge < -0.3 is 15.2 Å². The highest BCUT2D eigenvalue weighted by Crippen LogP contribution is 2.19. The fourth-order valence-corrected chi connectivity index (χ4v) is 2.59. The Bertz CT molecular complexity index is 567. The van der Waals surface area contributed by atoms with Crippen LogP contribution in [-0.4, -0.2) is 34.3 Å². The molecule has 0 aliphatic carbocycles. The van der Waals surface area contributed by atoms with E-state index in [-0.39, 0.29) is 22.9 Å². The molecule has 0 saturated carbocycles. The molecule has 2 N–H and O–H groups in total. The lowest BCUT2D eigenvalue weighted by molar-refractivity contribution is -0.140. The fraction of sp³-hybridized carbons (Fsp3) is 0.533. The molecule has 21 heavy (non-hydrogen) atoms. The Labute approximate surface area is 123 Å². The van der Waals surface area contributed by atoms with Crippen molar-refractivity contribution in [2.45, 2.75) is 45.1 Å². The summed E-state index contributed by atoms with van der Waals surface area (Å²) >= 11 is 0. The third-order valence-electron chi connectivity index (χ3n) is 3.67. The summed E-state index contributed by atoms with van der Waals surface area (Å²) in [6.07, 6.45) is 6.67. The molecule has 114 valence electrons. The minimum absolute atomic E-state index is 0.0133. The molecule has 1 saturated heterocycles. The molecule has 2 rings (SSSR count). The van der Waals surface area contributed by atoms with Crippen LogP contribution in [0.25, 0.3) is 0 Å². The number of likely N-dealkylation sites (tertiary alicyclic amines) is 1. The summed E-state index contributed by atoms with van der Waals surface area (Å²) in [6, 6.07) is 0.883. The number of hydrogen-bond acceptors (Lipinski definition) is 3. The van der Waals surface area contributed by atoms with E-state index >= 15 is 0 Å². The zero-order chi connectivity index (χ0) is 15.2. The average Bonchev–Trinajstić information content (AvgIpc) is 2.50. The number of pyridine rings is 1. The minimum atomic E-state index is -0.475. The predicted molar refractivity (Wildman–Crippen MR) is 80.0 cm³/mol. The van der Waals surface area contributed by atoms with Crippen LogP contribution < -0.4 is 10.7 Å². The molecule has 1 aliphatic heterocycles. The Hall–Kier alpha value is -2.11. The van der Waals surface area contributed by atoms with Crippen molar-refractivity contribution in [1.29, 1.82) is 0 Å². The van der Waals surface area contributed by atoms with E-state index in [0.29, 0.717) is 19.4 Å². The summed E-state index contributed by atoms with van der Waals surface area (Å²) in [7, 11) is 0. The first-order valence-electron chi connectivity index (χ1n) is 7.41. The highest BCUT2D eigenvalue weighted by atomic mass is 16.2. The third kappa shape index (κ3) is 3.71. The predicted octanol–water partition coefficient (Wildman–Crippen LogP) is 1.49. The topological polar surface area (TPSA) is 82.3 Å². The summed E-state index contributed by atoms with van der Waals surface area (Å²) in [5, 5.41) is 2.63. The quantitative estimate of drug-likeness (QED) is 0.882. The van der Waals surface area contributed by atoms with Gasteiger partial charge in [-0.05, 0) is 25.7 Å². The van der Waals surface area contributed by atoms with Crippen LogP contribution in [0.15, 0.2) is 23.3 Å². The second-order valence-electron chi connectivity index (χ2n) is 5.26. The zero-order valence-electron chi connectivity index (χ0n) is 12.2. The number of amides is 2. The van der Waals surface area contributed by atoms with E-state index in [1.54, 1.807) is 4.90 Å². The van der Waals surface area contributed by atoms with E-state index in [1.807, 2.05) is 6.92 Å². The molecule has 1 fully saturated rings. The van der Waals surface area contributed by atoms with Crippen molar-refractivity contribution in [3.05, 3.63) is 28.7 Å². The number of aromatic amines is 1. The van der Waals surface area contributed by atoms with Gasteiger partial charge in [-0.2, -0.15) is 0 Å². The van der Waals surface area contributed by atoms with Crippen molar-refractivity contribution in [1.82, 2.24) is 9.88 Å². The van der Waals surface area contributed by atoms with Crippen LogP contribution in [0.4, 0.5) is 5.69 Å². The maximum absolute atomic E-state index is 12.4. The number of nitrogens with one attached hydrogen (secondary N) is 2. The smallest absolute Gasteiger partial charge is 0.247 e. The SMILES string of the molecule is CCCC(=O)N1CCCC[C@H]1C(=O)Nc1c[nH]ccc1=O. The Morgan fingerprint density at radius 2 is 2.24 bits per heavy atom. The number of nitrogens with zero attached hydrogens (tertiary/aromatic N) is 1. The summed E-state index contributed by atoms with van der Waals surface area (Å²) in [5.74, 6) is -0.268. The zero-order valence-corrected chi connectivity index (χ0v) is 12.2. The van der Waals surface area contributed by atoms with Gasteiger partial charge in [0.15, 0.2) is 0 Å². The molecular formula is C15H21N3O3. The molecule has 1 aromatic heterocycles. The molecule has 1 aromatic rings. The van der Waals surface area contributed by atoms with E-state index < -0.39 is 6.04 Å². The summed E-state index contributed by atoms with van der Waals surface area (Å²) in [6.45, 7) is 2.56. The first-order chi connectivity index (χ1) is 10.1. The normalized spacial score (nSPS) is 18.3. The van der Waals surface area contributed by atoms with Gasteiger partial charge in [-0.25, -0.2) is 0 Å². The van der Waals surface area contributed by atoms with Crippen molar-refractivity contribution in [3.8, 4) is 0 Å². The number of carbonyl (C=O) groups excluding carboxylic acids is 2. The fourth-order valence-electron chi connectivity index (χ4n) is 2.59. The van der Waals surface area contributed by atoms with Gasteiger partial charge in [0, 0.05) is 31.4 Å². The van der Waals surface area contributed by atoms with Gasteiger partial charge in [0.05, 0.1) is 0 Å². The molecule has 1 atom stereocenters. The van der Waals surface area contributed by atoms with Crippen molar-refractivity contribution >= 4 is 17.5 Å². The first kappa shape index (κ1) is 15.3. The Kier molecular flexibility index (Phi) is 5.14. The highest BCUT2D eigenvalue weighted by molar-refractivity contribution is 5.97. The van der Waals surface area contributed by atoms with Crippen molar-refractivity contribution in [3.63, 3.8) is 0 Å². The lowest BCUT2D eigenvalue weighted by atomic mass is 10.0. The maximum atomic E-state index is 12.4. The van der Waals surface area contributed by atoms with Crippen LogP contribution in [0, 0.1) is 0 Å². The van der Waals surface area contributed by atoms with Crippen LogP contribution in [0.2, 0.25) is 0 Å². The number of anilines is 1. The molecule has 0 radical (unpaired) electrons. The van der Waals surface area contributed by atoms with Gasteiger partial charge in [0.1, 0.15) is 11.7 Å². The lowest BCUT2D eigenvalue weighted by Gasteiger charge is -2.34. The molecular weight excluding hydrogens is 270 g/mol. The number of carbonyl (C=O) groups is 2. The standard InChI is InChI=1S/C15H21N3O3/c1-2-5-14(20)18-9-4-3-6-12(18)15(21)17-11-10-16-8-7-13(11)19/h7-8,10,12H,2-6,9H2,1H3,(H,16,19)(H,17,21)/t12-/m0/s1. The van der Waals surface area contributed by atoms with Gasteiger partial charge in [-0.3, -0.25) is 14.4 Å². The molecule has 1 aliphatic rings. The van der Waals surface area contributed by atoms with E-state index in [9.17, 15) is 14.4 Å². The maximum Gasteiger partial charge on any atom is 0.247 e. The molecule has 0 spiro atoms. The van der Waals surface area contributed by atoms with E-state index in [4.69, 9.17) is 0 Å². The molecule has 0 unspecified atom stereocenters. The van der Waals surface area contributed by atoms with Crippen LogP contribution in [0.5, 0.6) is 0 Å². The summed E-state index contributed by atoms with van der Waals surface area (Å²) < 4.78 is 0. The molecule has 6 nitrogen and oxygen atoms in total. The van der Waals surface area contributed by atoms with Crippen molar-refractivity contribution in [2.75, 3.05) is 11.9 Å². The van der Waals surface area contributed by atoms with Gasteiger partial charge in [0.2, 0.25) is 17.2 Å². The number of rotatable bonds is 4. The molecule has 2 amide bonds. The molecule has 0 aromatic carbocycles. The van der Waals surface area contributed by atoms with Crippen molar-refractivity contribution < 1.29 is 9.59 Å². The van der Waals surface area contributed by atoms with Crippen LogP contribution in [0.3, 0.4) is 0 Å². The second kappa shape index (κ2) is 7.06. The lowest BCUT2D eigenvalue weighted by Crippen LogP contribution is -2.50. The van der Waals surface area contributed by atoms with E-state index in [0.717, 1.165) is 19.3 Å². The highest BCUT2D eigenvalue weighted by Gasteiger charge is 2.31. The van der Waals surface area contributed by atoms with Gasteiger partial charge in [0.25, 0.3) is 0 Å². The van der Waals surface area contributed by atoms with Crippen LogP contribution in [-0.2, 0) is 9.59 Å². The van der Waals surface area contributed by atoms with Gasteiger partial charge >= 0.3 is 0 Å². The number of hydrogen-bond donors (Lipinski definition) is 2. The molecule has 6 heteroatoms. The molecule has 0 bridgehead atoms. The van der Waals surface area contributed by atoms with E-state index in [2.05, 4.69) is 10.3 Å². The summed E-state index contributed by atoms with van der Waals surface area (Å²) in [5.41, 5.74) is -0.0275. The largest absolute Gasteiger partial charge is 0.366 e. The second-order valence-corrected chi connectivity index (χ2v) is 5.26. The van der Waals surface area contributed by atoms with E-state index in [1.165, 1.54) is 18.5 Å². The average molecular weight is 291 g/mol. The van der Waals surface area contributed by atoms with Crippen molar-refractivity contribution in [2.24, 2.45) is 0 Å². The first-order valence-corrected chi connectivity index (χ1v) is 7.41. The van der Waals surface area contributed by atoms with Gasteiger partial charge in [-0.15, -0.1) is 0 Å².